The van der Waals surface area contributed by atoms with Crippen molar-refractivity contribution in [2.75, 3.05) is 12.9 Å². The van der Waals surface area contributed by atoms with Crippen LogP contribution in [0.3, 0.4) is 0 Å². The van der Waals surface area contributed by atoms with Gasteiger partial charge in [-0.3, -0.25) is 4.57 Å². The zero-order valence-electron chi connectivity index (χ0n) is 14.5. The Morgan fingerprint density at radius 1 is 1.08 bits per heavy atom. The fraction of sp³-hybridized carbons (Fsp3) is 0.263. The topological polar surface area (TPSA) is 60.2 Å². The highest BCUT2D eigenvalue weighted by molar-refractivity contribution is 7.99. The smallest absolute Gasteiger partial charge is 0.196 e. The molecule has 6 heteroatoms. The van der Waals surface area contributed by atoms with Gasteiger partial charge in [0.1, 0.15) is 5.75 Å². The minimum absolute atomic E-state index is 0.524. The van der Waals surface area contributed by atoms with Gasteiger partial charge < -0.3 is 9.84 Å². The largest absolute Gasteiger partial charge is 0.497 e. The number of rotatable bonds is 6. The van der Waals surface area contributed by atoms with Crippen LogP contribution in [0.25, 0.3) is 17.1 Å². The molecule has 0 aliphatic heterocycles. The molecule has 1 aromatic heterocycles. The van der Waals surface area contributed by atoms with Crippen LogP contribution in [-0.2, 0) is 0 Å². The van der Waals surface area contributed by atoms with Gasteiger partial charge in [0.05, 0.1) is 12.7 Å². The van der Waals surface area contributed by atoms with Crippen LogP contribution in [0.1, 0.15) is 13.8 Å². The number of hydrogen-bond donors (Lipinski definition) is 1. The first kappa shape index (κ1) is 17.5. The third kappa shape index (κ3) is 4.21. The van der Waals surface area contributed by atoms with Crippen LogP contribution in [0.4, 0.5) is 0 Å². The summed E-state index contributed by atoms with van der Waals surface area (Å²) >= 11 is 1.48. The number of ether oxygens (including phenoxy) is 1. The van der Waals surface area contributed by atoms with Gasteiger partial charge in [-0.05, 0) is 38.1 Å². The molecule has 2 aromatic carbocycles. The summed E-state index contributed by atoms with van der Waals surface area (Å²) in [7, 11) is 1.64. The summed E-state index contributed by atoms with van der Waals surface area (Å²) in [5.41, 5.74) is 1.11. The van der Waals surface area contributed by atoms with Gasteiger partial charge in [-0.15, -0.1) is 10.2 Å². The lowest BCUT2D eigenvalue weighted by molar-refractivity contribution is 0.107. The van der Waals surface area contributed by atoms with Crippen molar-refractivity contribution in [2.24, 2.45) is 0 Å². The Kier molecular flexibility index (Phi) is 5.11. The molecule has 0 saturated carbocycles. The van der Waals surface area contributed by atoms with Crippen molar-refractivity contribution < 1.29 is 9.84 Å². The van der Waals surface area contributed by atoms with Gasteiger partial charge in [0.15, 0.2) is 11.0 Å². The Balaban J connectivity index is 2.08. The summed E-state index contributed by atoms with van der Waals surface area (Å²) in [6.07, 6.45) is 0. The molecule has 25 heavy (non-hydrogen) atoms. The Bertz CT molecular complexity index is 841. The summed E-state index contributed by atoms with van der Waals surface area (Å²) < 4.78 is 7.33. The van der Waals surface area contributed by atoms with E-state index in [9.17, 15) is 5.11 Å². The van der Waals surface area contributed by atoms with Crippen molar-refractivity contribution in [3.8, 4) is 22.8 Å². The lowest BCUT2D eigenvalue weighted by atomic mass is 10.2. The maximum atomic E-state index is 10.0. The number of para-hydroxylation sites is 1. The van der Waals surface area contributed by atoms with E-state index in [-0.39, 0.29) is 0 Å². The Morgan fingerprint density at radius 2 is 1.84 bits per heavy atom. The van der Waals surface area contributed by atoms with Crippen molar-refractivity contribution in [3.05, 3.63) is 54.6 Å². The molecule has 5 nitrogen and oxygen atoms in total. The SMILES string of the molecule is COc1cccc(-c2nnc(SCC(C)(C)O)n2-c2ccccc2)c1. The molecule has 0 aliphatic rings. The van der Waals surface area contributed by atoms with Crippen LogP contribution in [-0.4, -0.2) is 38.3 Å². The summed E-state index contributed by atoms with van der Waals surface area (Å²) in [6, 6.07) is 17.7. The molecule has 0 unspecified atom stereocenters. The first-order valence-electron chi connectivity index (χ1n) is 7.98. The van der Waals surface area contributed by atoms with Gasteiger partial charge in [0, 0.05) is 17.0 Å². The van der Waals surface area contributed by atoms with E-state index in [0.29, 0.717) is 5.75 Å². The lowest BCUT2D eigenvalue weighted by Crippen LogP contribution is -2.22. The molecule has 0 amide bonds. The van der Waals surface area contributed by atoms with E-state index in [1.165, 1.54) is 11.8 Å². The highest BCUT2D eigenvalue weighted by Crippen LogP contribution is 2.30. The normalized spacial score (nSPS) is 11.5. The minimum atomic E-state index is -0.783. The Morgan fingerprint density at radius 3 is 2.52 bits per heavy atom. The van der Waals surface area contributed by atoms with Gasteiger partial charge >= 0.3 is 0 Å². The second-order valence-electron chi connectivity index (χ2n) is 6.31. The molecule has 0 aliphatic carbocycles. The van der Waals surface area contributed by atoms with Crippen LogP contribution < -0.4 is 4.74 Å². The van der Waals surface area contributed by atoms with Crippen LogP contribution in [0.5, 0.6) is 5.75 Å². The van der Waals surface area contributed by atoms with Crippen molar-refractivity contribution in [1.29, 1.82) is 0 Å². The molecule has 1 heterocycles. The number of benzene rings is 2. The highest BCUT2D eigenvalue weighted by Gasteiger charge is 2.20. The number of aromatic nitrogens is 3. The summed E-state index contributed by atoms with van der Waals surface area (Å²) in [6.45, 7) is 3.57. The third-order valence-electron chi connectivity index (χ3n) is 3.53. The zero-order chi connectivity index (χ0) is 17.9. The predicted octanol–water partition coefficient (Wildman–Crippen LogP) is 3.81. The van der Waals surface area contributed by atoms with Crippen LogP contribution in [0, 0.1) is 0 Å². The van der Waals surface area contributed by atoms with Gasteiger partial charge in [-0.2, -0.15) is 0 Å². The number of nitrogens with zero attached hydrogens (tertiary/aromatic N) is 3. The third-order valence-corrected chi connectivity index (χ3v) is 4.90. The van der Waals surface area contributed by atoms with E-state index in [1.54, 1.807) is 21.0 Å². The maximum absolute atomic E-state index is 10.0. The molecule has 130 valence electrons. The van der Waals surface area contributed by atoms with Crippen molar-refractivity contribution in [1.82, 2.24) is 14.8 Å². The van der Waals surface area contributed by atoms with E-state index in [0.717, 1.165) is 28.0 Å². The van der Waals surface area contributed by atoms with Crippen LogP contribution >= 0.6 is 11.8 Å². The molecule has 3 rings (SSSR count). The lowest BCUT2D eigenvalue weighted by Gasteiger charge is -2.16. The molecule has 0 saturated heterocycles. The average Bonchev–Trinajstić information content (AvgIpc) is 3.04. The molecular formula is C19H21N3O2S. The maximum Gasteiger partial charge on any atom is 0.196 e. The minimum Gasteiger partial charge on any atom is -0.497 e. The molecule has 0 atom stereocenters. The summed E-state index contributed by atoms with van der Waals surface area (Å²) in [4.78, 5) is 0. The van der Waals surface area contributed by atoms with Crippen molar-refractivity contribution in [3.63, 3.8) is 0 Å². The molecule has 0 spiro atoms. The van der Waals surface area contributed by atoms with Crippen molar-refractivity contribution in [2.45, 2.75) is 24.6 Å². The molecule has 1 N–H and O–H groups in total. The highest BCUT2D eigenvalue weighted by atomic mass is 32.2. The molecule has 0 fully saturated rings. The van der Waals surface area contributed by atoms with E-state index in [4.69, 9.17) is 4.74 Å². The zero-order valence-corrected chi connectivity index (χ0v) is 15.3. The molecule has 3 aromatic rings. The van der Waals surface area contributed by atoms with E-state index in [1.807, 2.05) is 59.2 Å². The first-order chi connectivity index (χ1) is 12.0. The number of methoxy groups -OCH3 is 1. The quantitative estimate of drug-likeness (QED) is 0.682. The van der Waals surface area contributed by atoms with Crippen LogP contribution in [0.2, 0.25) is 0 Å². The molecular weight excluding hydrogens is 334 g/mol. The monoisotopic (exact) mass is 355 g/mol. The van der Waals surface area contributed by atoms with Gasteiger partial charge in [0.25, 0.3) is 0 Å². The first-order valence-corrected chi connectivity index (χ1v) is 8.97. The van der Waals surface area contributed by atoms with Gasteiger partial charge in [0.2, 0.25) is 0 Å². The number of aliphatic hydroxyl groups is 1. The van der Waals surface area contributed by atoms with Crippen molar-refractivity contribution >= 4 is 11.8 Å². The average molecular weight is 355 g/mol. The van der Waals surface area contributed by atoms with E-state index >= 15 is 0 Å². The summed E-state index contributed by atoms with van der Waals surface area (Å²) in [5.74, 6) is 2.03. The van der Waals surface area contributed by atoms with E-state index < -0.39 is 5.60 Å². The van der Waals surface area contributed by atoms with Gasteiger partial charge in [-0.25, -0.2) is 0 Å². The Labute approximate surface area is 151 Å². The number of hydrogen-bond acceptors (Lipinski definition) is 5. The fourth-order valence-corrected chi connectivity index (χ4v) is 3.27. The van der Waals surface area contributed by atoms with E-state index in [2.05, 4.69) is 10.2 Å². The number of thioether (sulfide) groups is 1. The fourth-order valence-electron chi connectivity index (χ4n) is 2.36. The molecule has 0 radical (unpaired) electrons. The van der Waals surface area contributed by atoms with Gasteiger partial charge in [-0.1, -0.05) is 42.1 Å². The predicted molar refractivity (Wildman–Crippen MR) is 100 cm³/mol. The standard InChI is InChI=1S/C19H21N3O2S/c1-19(2,23)13-25-18-21-20-17(14-8-7-11-16(12-14)24-3)22(18)15-9-5-4-6-10-15/h4-12,23H,13H2,1-3H3. The second kappa shape index (κ2) is 7.29. The molecule has 0 bridgehead atoms. The summed E-state index contributed by atoms with van der Waals surface area (Å²) in [5, 5.41) is 19.5. The second-order valence-corrected chi connectivity index (χ2v) is 7.25. The Hall–Kier alpha value is -2.31. The van der Waals surface area contributed by atoms with Crippen LogP contribution in [0.15, 0.2) is 59.8 Å².